The molecule has 0 aliphatic carbocycles. The van der Waals surface area contributed by atoms with E-state index in [0.717, 1.165) is 0 Å². The topological polar surface area (TPSA) is 155 Å². The van der Waals surface area contributed by atoms with Gasteiger partial charge in [-0.2, -0.15) is 0 Å². The van der Waals surface area contributed by atoms with Gasteiger partial charge in [0, 0.05) is 6.42 Å². The van der Waals surface area contributed by atoms with Crippen molar-refractivity contribution >= 4 is 5.97 Å². The van der Waals surface area contributed by atoms with E-state index in [1.165, 1.54) is 19.2 Å². The summed E-state index contributed by atoms with van der Waals surface area (Å²) >= 11 is 0. The summed E-state index contributed by atoms with van der Waals surface area (Å²) in [6.45, 7) is -0.600. The van der Waals surface area contributed by atoms with Crippen molar-refractivity contribution in [1.29, 1.82) is 0 Å². The monoisotopic (exact) mass is 448 g/mol. The van der Waals surface area contributed by atoms with Crippen molar-refractivity contribution in [3.8, 4) is 17.2 Å². The molecule has 4 rings (SSSR count). The normalized spacial score (nSPS) is 29.7. The van der Waals surface area contributed by atoms with Gasteiger partial charge >= 0.3 is 5.97 Å². The van der Waals surface area contributed by atoms with Gasteiger partial charge in [0.25, 0.3) is 0 Å². The number of phenolic OH excluding ortho intramolecular Hbond substituents is 1. The van der Waals surface area contributed by atoms with Crippen LogP contribution in [0, 0.1) is 0 Å². The van der Waals surface area contributed by atoms with Crippen molar-refractivity contribution in [3.05, 3.63) is 53.1 Å². The van der Waals surface area contributed by atoms with Crippen LogP contribution in [0.25, 0.3) is 0 Å². The van der Waals surface area contributed by atoms with Crippen LogP contribution in [-0.4, -0.2) is 75.9 Å². The number of esters is 1. The fraction of sp³-hybridized carbons (Fsp3) is 0.409. The maximum absolute atomic E-state index is 12.9. The lowest BCUT2D eigenvalue weighted by molar-refractivity contribution is -0.277. The lowest BCUT2D eigenvalue weighted by atomic mass is 9.93. The molecule has 2 aliphatic heterocycles. The number of benzene rings is 2. The standard InChI is InChI=1S/C22H24O10/c1-29-15-7-10(5-6-12(15)24)14-8-11-3-2-4-13(17(11)21(28)30-14)31-22-20(27)19(26)18(25)16(9-23)32-22/h2-7,14,16,18-20,22-27H,8-9H2,1H3/t14-,16-,18-,19+,20-,22-/m1/s1. The highest BCUT2D eigenvalue weighted by atomic mass is 16.7. The first kappa shape index (κ1) is 22.3. The number of ether oxygens (including phenoxy) is 4. The smallest absolute Gasteiger partial charge is 0.342 e. The largest absolute Gasteiger partial charge is 0.504 e. The molecule has 32 heavy (non-hydrogen) atoms. The Kier molecular flexibility index (Phi) is 6.22. The summed E-state index contributed by atoms with van der Waals surface area (Å²) < 4.78 is 21.7. The van der Waals surface area contributed by atoms with E-state index in [9.17, 15) is 30.3 Å². The lowest BCUT2D eigenvalue weighted by Crippen LogP contribution is -2.60. The SMILES string of the molecule is COc1cc([C@H]2Cc3cccc(O[C@@H]4O[C@H](CO)[C@@H](O)[C@H](O)[C@H]4O)c3C(=O)O2)ccc1O. The van der Waals surface area contributed by atoms with E-state index in [0.29, 0.717) is 17.5 Å². The number of hydrogen-bond donors (Lipinski definition) is 5. The van der Waals surface area contributed by atoms with E-state index in [2.05, 4.69) is 0 Å². The number of phenols is 1. The van der Waals surface area contributed by atoms with Gasteiger partial charge in [0.05, 0.1) is 13.7 Å². The maximum Gasteiger partial charge on any atom is 0.342 e. The Labute approximate surface area is 183 Å². The summed E-state index contributed by atoms with van der Waals surface area (Å²) in [7, 11) is 1.42. The zero-order chi connectivity index (χ0) is 23.0. The summed E-state index contributed by atoms with van der Waals surface area (Å²) in [6, 6.07) is 9.56. The van der Waals surface area contributed by atoms with Crippen LogP contribution in [0.2, 0.25) is 0 Å². The van der Waals surface area contributed by atoms with Crippen molar-refractivity contribution < 1.29 is 49.3 Å². The molecular formula is C22H24O10. The first-order valence-corrected chi connectivity index (χ1v) is 10.0. The van der Waals surface area contributed by atoms with E-state index in [4.69, 9.17) is 18.9 Å². The molecule has 10 heteroatoms. The highest BCUT2D eigenvalue weighted by Crippen LogP contribution is 2.38. The number of aliphatic hydroxyl groups excluding tert-OH is 4. The number of hydrogen-bond acceptors (Lipinski definition) is 10. The predicted octanol–water partition coefficient (Wildman–Crippen LogP) is 0.0337. The van der Waals surface area contributed by atoms with Crippen molar-refractivity contribution in [2.75, 3.05) is 13.7 Å². The van der Waals surface area contributed by atoms with E-state index in [1.54, 1.807) is 24.3 Å². The van der Waals surface area contributed by atoms with Gasteiger partial charge < -0.3 is 44.5 Å². The minimum absolute atomic E-state index is 0.0333. The number of cyclic esters (lactones) is 1. The summed E-state index contributed by atoms with van der Waals surface area (Å²) in [4.78, 5) is 12.9. The average Bonchev–Trinajstić information content (AvgIpc) is 2.79. The molecular weight excluding hydrogens is 424 g/mol. The molecule has 172 valence electrons. The number of fused-ring (bicyclic) bond motifs is 1. The lowest BCUT2D eigenvalue weighted by Gasteiger charge is -2.40. The van der Waals surface area contributed by atoms with Crippen LogP contribution in [0.3, 0.4) is 0 Å². The van der Waals surface area contributed by atoms with Crippen molar-refractivity contribution in [2.24, 2.45) is 0 Å². The van der Waals surface area contributed by atoms with Crippen LogP contribution in [0.5, 0.6) is 17.2 Å². The van der Waals surface area contributed by atoms with Gasteiger partial charge in [0.15, 0.2) is 11.5 Å². The van der Waals surface area contributed by atoms with Crippen LogP contribution in [0.4, 0.5) is 0 Å². The zero-order valence-electron chi connectivity index (χ0n) is 17.1. The molecule has 0 unspecified atom stereocenters. The fourth-order valence-corrected chi connectivity index (χ4v) is 3.88. The van der Waals surface area contributed by atoms with Gasteiger partial charge in [-0.25, -0.2) is 4.79 Å². The van der Waals surface area contributed by atoms with Crippen molar-refractivity contribution in [1.82, 2.24) is 0 Å². The highest BCUT2D eigenvalue weighted by molar-refractivity contribution is 5.95. The molecule has 0 spiro atoms. The number of carbonyl (C=O) groups is 1. The van der Waals surface area contributed by atoms with E-state index in [-0.39, 0.29) is 22.8 Å². The molecule has 2 aromatic rings. The second-order valence-corrected chi connectivity index (χ2v) is 7.63. The number of carbonyl (C=O) groups excluding carboxylic acids is 1. The fourth-order valence-electron chi connectivity index (χ4n) is 3.88. The molecule has 1 saturated heterocycles. The van der Waals surface area contributed by atoms with Crippen LogP contribution < -0.4 is 9.47 Å². The van der Waals surface area contributed by atoms with Crippen molar-refractivity contribution in [3.63, 3.8) is 0 Å². The number of aliphatic hydroxyl groups is 4. The summed E-state index contributed by atoms with van der Waals surface area (Å²) in [5.41, 5.74) is 1.41. The Bertz CT molecular complexity index is 991. The predicted molar refractivity (Wildman–Crippen MR) is 107 cm³/mol. The van der Waals surface area contributed by atoms with Crippen LogP contribution in [0.15, 0.2) is 36.4 Å². The molecule has 0 radical (unpaired) electrons. The molecule has 0 amide bonds. The second kappa shape index (κ2) is 8.93. The second-order valence-electron chi connectivity index (χ2n) is 7.63. The Morgan fingerprint density at radius 3 is 2.56 bits per heavy atom. The number of aromatic hydroxyl groups is 1. The minimum atomic E-state index is -1.61. The Balaban J connectivity index is 1.59. The summed E-state index contributed by atoms with van der Waals surface area (Å²) in [5.74, 6) is -0.375. The Morgan fingerprint density at radius 2 is 1.84 bits per heavy atom. The van der Waals surface area contributed by atoms with Crippen molar-refractivity contribution in [2.45, 2.75) is 43.2 Å². The first-order valence-electron chi connectivity index (χ1n) is 10.0. The van der Waals surface area contributed by atoms with E-state index < -0.39 is 49.4 Å². The highest BCUT2D eigenvalue weighted by Gasteiger charge is 2.45. The van der Waals surface area contributed by atoms with Crippen LogP contribution >= 0.6 is 0 Å². The number of rotatable bonds is 5. The molecule has 2 heterocycles. The maximum atomic E-state index is 12.9. The molecule has 0 saturated carbocycles. The molecule has 1 fully saturated rings. The number of methoxy groups -OCH3 is 1. The molecule has 6 atom stereocenters. The third kappa shape index (κ3) is 3.98. The van der Waals surface area contributed by atoms with Gasteiger partial charge in [-0.1, -0.05) is 18.2 Å². The third-order valence-electron chi connectivity index (χ3n) is 5.64. The van der Waals surface area contributed by atoms with Gasteiger partial charge in [-0.15, -0.1) is 0 Å². The quantitative estimate of drug-likeness (QED) is 0.396. The minimum Gasteiger partial charge on any atom is -0.504 e. The molecule has 2 aliphatic rings. The van der Waals surface area contributed by atoms with Gasteiger partial charge in [0.1, 0.15) is 41.8 Å². The molecule has 0 aromatic heterocycles. The van der Waals surface area contributed by atoms with Crippen LogP contribution in [-0.2, 0) is 15.9 Å². The first-order chi connectivity index (χ1) is 15.3. The molecule has 2 aromatic carbocycles. The Morgan fingerprint density at radius 1 is 1.06 bits per heavy atom. The van der Waals surface area contributed by atoms with E-state index in [1.807, 2.05) is 0 Å². The van der Waals surface area contributed by atoms with Crippen LogP contribution in [0.1, 0.15) is 27.6 Å². The summed E-state index contributed by atoms with van der Waals surface area (Å²) in [6.07, 6.45) is -7.60. The van der Waals surface area contributed by atoms with Gasteiger partial charge in [-0.3, -0.25) is 0 Å². The molecule has 5 N–H and O–H groups in total. The molecule has 0 bridgehead atoms. The summed E-state index contributed by atoms with van der Waals surface area (Å²) in [5, 5.41) is 49.3. The zero-order valence-corrected chi connectivity index (χ0v) is 17.1. The third-order valence-corrected chi connectivity index (χ3v) is 5.64. The molecule has 10 nitrogen and oxygen atoms in total. The van der Waals surface area contributed by atoms with Gasteiger partial charge in [-0.05, 0) is 29.3 Å². The van der Waals surface area contributed by atoms with Gasteiger partial charge in [0.2, 0.25) is 6.29 Å². The Hall–Kier alpha value is -2.89. The van der Waals surface area contributed by atoms with E-state index >= 15 is 0 Å². The average molecular weight is 448 g/mol.